The third-order valence-corrected chi connectivity index (χ3v) is 5.69. The first-order valence-electron chi connectivity index (χ1n) is 7.65. The largest absolute Gasteiger partial charge is 0.354 e. The molecule has 1 saturated heterocycles. The molecule has 0 saturated carbocycles. The number of carbonyl (C=O) groups excluding carboxylic acids is 3. The molecule has 0 radical (unpaired) electrons. The second-order valence-corrected chi connectivity index (χ2v) is 9.99. The molecule has 0 N–H and O–H groups in total. The molecule has 7 heteroatoms. The third-order valence-electron chi connectivity index (χ3n) is 3.28. The lowest BCUT2D eigenvalue weighted by Crippen LogP contribution is -2.32. The number of nitrogens with zero attached hydrogens (tertiary/aromatic N) is 2. The van der Waals surface area contributed by atoms with Crippen molar-refractivity contribution >= 4 is 41.7 Å². The fraction of sp³-hybridized carbons (Fsp3) is 0.800. The summed E-state index contributed by atoms with van der Waals surface area (Å²) in [6, 6.07) is -0.529. The van der Waals surface area contributed by atoms with E-state index in [0.29, 0.717) is 0 Å². The Kier molecular flexibility index (Phi) is 6.38. The van der Waals surface area contributed by atoms with Crippen molar-refractivity contribution in [1.29, 1.82) is 0 Å². The van der Waals surface area contributed by atoms with Gasteiger partial charge in [0.15, 0.2) is 0 Å². The van der Waals surface area contributed by atoms with Crippen LogP contribution in [0.25, 0.3) is 0 Å². The lowest BCUT2D eigenvalue weighted by molar-refractivity contribution is -0.139. The normalized spacial score (nSPS) is 16.9. The summed E-state index contributed by atoms with van der Waals surface area (Å²) >= 11 is 2.31. The highest BCUT2D eigenvalue weighted by molar-refractivity contribution is 8.01. The van der Waals surface area contributed by atoms with Crippen LogP contribution in [0.15, 0.2) is 0 Å². The maximum Gasteiger partial charge on any atom is 0.354 e. The molecule has 0 aromatic carbocycles. The molecule has 0 spiro atoms. The molecule has 0 bridgehead atoms. The van der Waals surface area contributed by atoms with Crippen LogP contribution in [0.4, 0.5) is 4.79 Å². The minimum Gasteiger partial charge on any atom is -0.262 e. The summed E-state index contributed by atoms with van der Waals surface area (Å²) in [5.41, 5.74) is 0. The molecule has 22 heavy (non-hydrogen) atoms. The molecule has 5 nitrogen and oxygen atoms in total. The first-order valence-corrected chi connectivity index (χ1v) is 9.20. The van der Waals surface area contributed by atoms with E-state index in [1.807, 2.05) is 27.7 Å². The number of amides is 4. The highest BCUT2D eigenvalue weighted by Gasteiger charge is 2.49. The van der Waals surface area contributed by atoms with Crippen molar-refractivity contribution in [3.05, 3.63) is 0 Å². The summed E-state index contributed by atoms with van der Waals surface area (Å²) in [5, 5.41) is 0. The zero-order chi connectivity index (χ0) is 17.1. The molecular formula is C15H26N2O3S2. The SMILES string of the molecule is CCCC(C)(C)SN1C(=O)C(=O)N(SC(C)(C)CCC)C1=O. The predicted molar refractivity (Wildman–Crippen MR) is 92.2 cm³/mol. The van der Waals surface area contributed by atoms with Gasteiger partial charge in [-0.2, -0.15) is 8.61 Å². The number of rotatable bonds is 8. The maximum atomic E-state index is 12.5. The minimum absolute atomic E-state index is 0.264. The Bertz CT molecular complexity index is 424. The predicted octanol–water partition coefficient (Wildman–Crippen LogP) is 4.23. The quantitative estimate of drug-likeness (QED) is 0.374. The number of carbonyl (C=O) groups is 3. The van der Waals surface area contributed by atoms with Gasteiger partial charge < -0.3 is 0 Å². The van der Waals surface area contributed by atoms with Crippen LogP contribution in [0, 0.1) is 0 Å². The van der Waals surface area contributed by atoms with Gasteiger partial charge in [-0.05, 0) is 64.4 Å². The summed E-state index contributed by atoms with van der Waals surface area (Å²) in [4.78, 5) is 36.7. The van der Waals surface area contributed by atoms with Crippen LogP contribution in [0.3, 0.4) is 0 Å². The van der Waals surface area contributed by atoms with Gasteiger partial charge in [-0.1, -0.05) is 26.7 Å². The summed E-state index contributed by atoms with van der Waals surface area (Å²) in [7, 11) is 0. The van der Waals surface area contributed by atoms with Gasteiger partial charge in [-0.15, -0.1) is 0 Å². The van der Waals surface area contributed by atoms with E-state index in [4.69, 9.17) is 0 Å². The van der Waals surface area contributed by atoms with Crippen molar-refractivity contribution in [2.75, 3.05) is 0 Å². The Morgan fingerprint density at radius 2 is 1.09 bits per heavy atom. The Morgan fingerprint density at radius 3 is 1.36 bits per heavy atom. The topological polar surface area (TPSA) is 57.7 Å². The molecule has 4 amide bonds. The lowest BCUT2D eigenvalue weighted by Gasteiger charge is -2.28. The molecule has 1 heterocycles. The van der Waals surface area contributed by atoms with Gasteiger partial charge in [0.1, 0.15) is 0 Å². The summed E-state index contributed by atoms with van der Waals surface area (Å²) in [6.07, 6.45) is 3.62. The summed E-state index contributed by atoms with van der Waals surface area (Å²) in [5.74, 6) is -1.47. The van der Waals surface area contributed by atoms with Gasteiger partial charge >= 0.3 is 17.8 Å². The summed E-state index contributed by atoms with van der Waals surface area (Å²) < 4.78 is 1.51. The Hall–Kier alpha value is -0.690. The molecule has 0 aromatic rings. The van der Waals surface area contributed by atoms with E-state index in [1.165, 1.54) is 0 Å². The highest BCUT2D eigenvalue weighted by atomic mass is 32.2. The average Bonchev–Trinajstić information content (AvgIpc) is 2.55. The van der Waals surface area contributed by atoms with Crippen molar-refractivity contribution in [2.24, 2.45) is 0 Å². The van der Waals surface area contributed by atoms with E-state index in [0.717, 1.165) is 58.2 Å². The van der Waals surface area contributed by atoms with Crippen molar-refractivity contribution in [2.45, 2.75) is 76.7 Å². The molecule has 0 atom stereocenters. The Morgan fingerprint density at radius 1 is 0.773 bits per heavy atom. The second-order valence-electron chi connectivity index (χ2n) is 6.68. The molecule has 0 unspecified atom stereocenters. The molecule has 0 aromatic heterocycles. The van der Waals surface area contributed by atoms with Crippen LogP contribution in [0.1, 0.15) is 67.2 Å². The van der Waals surface area contributed by atoms with E-state index >= 15 is 0 Å². The standard InChI is InChI=1S/C15H26N2O3S2/c1-7-9-14(3,4)21-16-11(18)12(19)17(13(16)20)22-15(5,6)10-8-2/h7-10H2,1-6H3. The molecule has 1 rings (SSSR count). The van der Waals surface area contributed by atoms with Crippen LogP contribution >= 0.6 is 23.9 Å². The van der Waals surface area contributed by atoms with Crippen LogP contribution < -0.4 is 0 Å². The monoisotopic (exact) mass is 346 g/mol. The van der Waals surface area contributed by atoms with Gasteiger partial charge in [0, 0.05) is 9.49 Å². The van der Waals surface area contributed by atoms with E-state index in [-0.39, 0.29) is 9.49 Å². The third kappa shape index (κ3) is 4.65. The summed E-state index contributed by atoms with van der Waals surface area (Å²) in [6.45, 7) is 12.0. The van der Waals surface area contributed by atoms with Crippen LogP contribution in [0.2, 0.25) is 0 Å². The average molecular weight is 347 g/mol. The zero-order valence-corrected chi connectivity index (χ0v) is 15.9. The Labute approximate surface area is 141 Å². The maximum absolute atomic E-state index is 12.5. The van der Waals surface area contributed by atoms with Crippen molar-refractivity contribution in [3.8, 4) is 0 Å². The molecule has 1 aliphatic rings. The first kappa shape index (κ1) is 19.4. The van der Waals surface area contributed by atoms with Gasteiger partial charge in [-0.3, -0.25) is 9.59 Å². The van der Waals surface area contributed by atoms with Gasteiger partial charge in [-0.25, -0.2) is 4.79 Å². The molecule has 126 valence electrons. The van der Waals surface area contributed by atoms with Gasteiger partial charge in [0.25, 0.3) is 0 Å². The molecule has 1 aliphatic heterocycles. The van der Waals surface area contributed by atoms with E-state index in [9.17, 15) is 14.4 Å². The number of hydrogen-bond donors (Lipinski definition) is 0. The van der Waals surface area contributed by atoms with E-state index < -0.39 is 17.8 Å². The Balaban J connectivity index is 2.87. The lowest BCUT2D eigenvalue weighted by atomic mass is 10.1. The van der Waals surface area contributed by atoms with Crippen molar-refractivity contribution < 1.29 is 14.4 Å². The number of imide groups is 2. The number of hydrogen-bond acceptors (Lipinski definition) is 5. The van der Waals surface area contributed by atoms with Gasteiger partial charge in [0.2, 0.25) is 0 Å². The van der Waals surface area contributed by atoms with E-state index in [2.05, 4.69) is 13.8 Å². The fourth-order valence-electron chi connectivity index (χ4n) is 2.38. The smallest absolute Gasteiger partial charge is 0.262 e. The van der Waals surface area contributed by atoms with Gasteiger partial charge in [0.05, 0.1) is 0 Å². The fourth-order valence-corrected chi connectivity index (χ4v) is 4.65. The molecular weight excluding hydrogens is 320 g/mol. The second kappa shape index (κ2) is 7.25. The van der Waals surface area contributed by atoms with Crippen molar-refractivity contribution in [1.82, 2.24) is 8.61 Å². The molecule has 0 aliphatic carbocycles. The van der Waals surface area contributed by atoms with Crippen LogP contribution in [-0.4, -0.2) is 35.9 Å². The van der Waals surface area contributed by atoms with Crippen molar-refractivity contribution in [3.63, 3.8) is 0 Å². The molecule has 1 fully saturated rings. The highest BCUT2D eigenvalue weighted by Crippen LogP contribution is 2.40. The van der Waals surface area contributed by atoms with Crippen LogP contribution in [-0.2, 0) is 9.59 Å². The number of urea groups is 1. The first-order chi connectivity index (χ1) is 10.0. The van der Waals surface area contributed by atoms with Crippen LogP contribution in [0.5, 0.6) is 0 Å². The zero-order valence-electron chi connectivity index (χ0n) is 14.3. The minimum atomic E-state index is -0.737. The van der Waals surface area contributed by atoms with E-state index in [1.54, 1.807) is 0 Å².